The van der Waals surface area contributed by atoms with Gasteiger partial charge in [0.2, 0.25) is 0 Å². The lowest BCUT2D eigenvalue weighted by atomic mass is 10.1. The molecule has 0 heterocycles. The molecular formula is C15H15BrClNO. The third-order valence-corrected chi connectivity index (χ3v) is 3.38. The van der Waals surface area contributed by atoms with Gasteiger partial charge >= 0.3 is 0 Å². The first-order chi connectivity index (χ1) is 9.13. The van der Waals surface area contributed by atoms with Gasteiger partial charge in [0.25, 0.3) is 0 Å². The van der Waals surface area contributed by atoms with E-state index in [2.05, 4.69) is 28.1 Å². The molecule has 0 aliphatic rings. The van der Waals surface area contributed by atoms with Gasteiger partial charge in [-0.05, 0) is 42.3 Å². The van der Waals surface area contributed by atoms with Crippen molar-refractivity contribution in [1.29, 1.82) is 0 Å². The van der Waals surface area contributed by atoms with Crippen LogP contribution >= 0.6 is 27.5 Å². The Labute approximate surface area is 126 Å². The second kappa shape index (κ2) is 6.94. The van der Waals surface area contributed by atoms with Crippen LogP contribution in [0.1, 0.15) is 5.56 Å². The fourth-order valence-corrected chi connectivity index (χ4v) is 2.41. The Kier molecular flexibility index (Phi) is 5.25. The van der Waals surface area contributed by atoms with E-state index in [0.717, 1.165) is 16.6 Å². The Bertz CT molecular complexity index is 547. The van der Waals surface area contributed by atoms with Crippen molar-refractivity contribution < 1.29 is 4.74 Å². The van der Waals surface area contributed by atoms with Gasteiger partial charge in [-0.2, -0.15) is 0 Å². The maximum absolute atomic E-state index is 6.07. The minimum atomic E-state index is -0.0479. The van der Waals surface area contributed by atoms with E-state index in [0.29, 0.717) is 11.6 Å². The van der Waals surface area contributed by atoms with Crippen LogP contribution in [0.3, 0.4) is 0 Å². The van der Waals surface area contributed by atoms with Crippen LogP contribution < -0.4 is 10.5 Å². The summed E-state index contributed by atoms with van der Waals surface area (Å²) < 4.78 is 6.69. The second-order valence-corrected chi connectivity index (χ2v) is 5.71. The van der Waals surface area contributed by atoms with Crippen LogP contribution in [-0.4, -0.2) is 12.6 Å². The van der Waals surface area contributed by atoms with Gasteiger partial charge in [0, 0.05) is 15.5 Å². The fraction of sp³-hybridized carbons (Fsp3) is 0.200. The summed E-state index contributed by atoms with van der Waals surface area (Å²) >= 11 is 9.34. The van der Waals surface area contributed by atoms with Crippen molar-refractivity contribution >= 4 is 27.5 Å². The Morgan fingerprint density at radius 2 is 1.95 bits per heavy atom. The molecule has 2 rings (SSSR count). The minimum absolute atomic E-state index is 0.0479. The summed E-state index contributed by atoms with van der Waals surface area (Å²) in [7, 11) is 0. The average Bonchev–Trinajstić information content (AvgIpc) is 2.36. The van der Waals surface area contributed by atoms with E-state index in [1.54, 1.807) is 6.07 Å². The fourth-order valence-electron chi connectivity index (χ4n) is 1.79. The molecule has 2 nitrogen and oxygen atoms in total. The lowest BCUT2D eigenvalue weighted by molar-refractivity contribution is 0.287. The van der Waals surface area contributed by atoms with Crippen LogP contribution in [0.5, 0.6) is 5.75 Å². The number of halogens is 2. The quantitative estimate of drug-likeness (QED) is 0.891. The Morgan fingerprint density at radius 3 is 2.68 bits per heavy atom. The molecule has 2 aromatic carbocycles. The van der Waals surface area contributed by atoms with Crippen LogP contribution in [0, 0.1) is 0 Å². The molecule has 0 radical (unpaired) electrons. The summed E-state index contributed by atoms with van der Waals surface area (Å²) in [5.74, 6) is 0.747. The molecule has 0 aromatic heterocycles. The van der Waals surface area contributed by atoms with Crippen LogP contribution in [-0.2, 0) is 6.42 Å². The standard InChI is InChI=1S/C15H15BrClNO/c16-12-4-1-3-11(7-12)8-14(18)10-19-15-6-2-5-13(17)9-15/h1-7,9,14H,8,10,18H2. The number of benzene rings is 2. The zero-order valence-corrected chi connectivity index (χ0v) is 12.7. The van der Waals surface area contributed by atoms with E-state index in [9.17, 15) is 0 Å². The van der Waals surface area contributed by atoms with E-state index >= 15 is 0 Å². The lowest BCUT2D eigenvalue weighted by Crippen LogP contribution is -2.30. The van der Waals surface area contributed by atoms with E-state index in [1.165, 1.54) is 5.56 Å². The first-order valence-electron chi connectivity index (χ1n) is 6.02. The molecule has 0 aliphatic carbocycles. The number of nitrogens with two attached hydrogens (primary N) is 1. The monoisotopic (exact) mass is 339 g/mol. The molecule has 100 valence electrons. The summed E-state index contributed by atoms with van der Waals surface area (Å²) in [6.45, 7) is 0.465. The highest BCUT2D eigenvalue weighted by Gasteiger charge is 2.06. The highest BCUT2D eigenvalue weighted by molar-refractivity contribution is 9.10. The topological polar surface area (TPSA) is 35.2 Å². The molecule has 0 spiro atoms. The molecule has 2 N–H and O–H groups in total. The summed E-state index contributed by atoms with van der Waals surface area (Å²) in [6.07, 6.45) is 0.778. The maximum atomic E-state index is 6.07. The van der Waals surface area contributed by atoms with E-state index in [-0.39, 0.29) is 6.04 Å². The molecule has 19 heavy (non-hydrogen) atoms. The minimum Gasteiger partial charge on any atom is -0.492 e. The smallest absolute Gasteiger partial charge is 0.120 e. The van der Waals surface area contributed by atoms with Gasteiger partial charge in [-0.25, -0.2) is 0 Å². The van der Waals surface area contributed by atoms with E-state index < -0.39 is 0 Å². The molecular weight excluding hydrogens is 326 g/mol. The Hall–Kier alpha value is -1.03. The first-order valence-corrected chi connectivity index (χ1v) is 7.19. The molecule has 0 fully saturated rings. The molecule has 0 bridgehead atoms. The second-order valence-electron chi connectivity index (χ2n) is 4.36. The van der Waals surface area contributed by atoms with Crippen molar-refractivity contribution in [3.8, 4) is 5.75 Å². The molecule has 0 aliphatic heterocycles. The molecule has 1 atom stereocenters. The molecule has 2 aromatic rings. The molecule has 4 heteroatoms. The van der Waals surface area contributed by atoms with Crippen molar-refractivity contribution in [3.63, 3.8) is 0 Å². The van der Waals surface area contributed by atoms with Gasteiger partial charge in [-0.1, -0.05) is 45.7 Å². The van der Waals surface area contributed by atoms with Crippen LogP contribution in [0.4, 0.5) is 0 Å². The normalized spacial score (nSPS) is 12.2. The summed E-state index contributed by atoms with van der Waals surface area (Å²) in [6, 6.07) is 15.4. The van der Waals surface area contributed by atoms with Crippen LogP contribution in [0.25, 0.3) is 0 Å². The third kappa shape index (κ3) is 4.86. The SMILES string of the molecule is NC(COc1cccc(Cl)c1)Cc1cccc(Br)c1. The lowest BCUT2D eigenvalue weighted by Gasteiger charge is -2.13. The van der Waals surface area contributed by atoms with Crippen LogP contribution in [0.15, 0.2) is 53.0 Å². The summed E-state index contributed by atoms with van der Waals surface area (Å²) in [4.78, 5) is 0. The van der Waals surface area contributed by atoms with Gasteiger partial charge < -0.3 is 10.5 Å². The largest absolute Gasteiger partial charge is 0.492 e. The average molecular weight is 341 g/mol. The van der Waals surface area contributed by atoms with E-state index in [1.807, 2.05) is 30.3 Å². The number of ether oxygens (including phenoxy) is 1. The predicted molar refractivity (Wildman–Crippen MR) is 82.8 cm³/mol. The Balaban J connectivity index is 1.86. The van der Waals surface area contributed by atoms with E-state index in [4.69, 9.17) is 22.1 Å². The molecule has 0 saturated carbocycles. The van der Waals surface area contributed by atoms with Gasteiger partial charge in [0.15, 0.2) is 0 Å². The first kappa shape index (κ1) is 14.4. The van der Waals surface area contributed by atoms with Crippen molar-refractivity contribution in [2.75, 3.05) is 6.61 Å². The summed E-state index contributed by atoms with van der Waals surface area (Å²) in [5.41, 5.74) is 7.26. The number of rotatable bonds is 5. The zero-order valence-electron chi connectivity index (χ0n) is 10.4. The van der Waals surface area contributed by atoms with Crippen molar-refractivity contribution in [1.82, 2.24) is 0 Å². The highest BCUT2D eigenvalue weighted by atomic mass is 79.9. The van der Waals surface area contributed by atoms with Crippen LogP contribution in [0.2, 0.25) is 5.02 Å². The molecule has 0 amide bonds. The van der Waals surface area contributed by atoms with Crippen molar-refractivity contribution in [2.24, 2.45) is 5.73 Å². The zero-order chi connectivity index (χ0) is 13.7. The highest BCUT2D eigenvalue weighted by Crippen LogP contribution is 2.17. The summed E-state index contributed by atoms with van der Waals surface area (Å²) in [5, 5.41) is 0.665. The number of hydrogen-bond acceptors (Lipinski definition) is 2. The van der Waals surface area contributed by atoms with Gasteiger partial charge in [0.05, 0.1) is 0 Å². The predicted octanol–water partition coefficient (Wildman–Crippen LogP) is 4.05. The number of hydrogen-bond donors (Lipinski definition) is 1. The molecule has 0 saturated heterocycles. The van der Waals surface area contributed by atoms with Gasteiger partial charge in [0.1, 0.15) is 12.4 Å². The van der Waals surface area contributed by atoms with Crippen molar-refractivity contribution in [3.05, 3.63) is 63.6 Å². The van der Waals surface area contributed by atoms with Gasteiger partial charge in [-0.15, -0.1) is 0 Å². The Morgan fingerprint density at radius 1 is 1.16 bits per heavy atom. The molecule has 1 unspecified atom stereocenters. The maximum Gasteiger partial charge on any atom is 0.120 e. The third-order valence-electron chi connectivity index (χ3n) is 2.65. The van der Waals surface area contributed by atoms with Gasteiger partial charge in [-0.3, -0.25) is 0 Å². The van der Waals surface area contributed by atoms with Crippen molar-refractivity contribution in [2.45, 2.75) is 12.5 Å².